The van der Waals surface area contributed by atoms with Crippen LogP contribution in [0.25, 0.3) is 0 Å². The molecule has 1 nitrogen and oxygen atoms in total. The Hall–Kier alpha value is 1.34. The van der Waals surface area contributed by atoms with Crippen LogP contribution in [0, 0.1) is 5.41 Å². The number of halogens is 2. The first kappa shape index (κ1) is 25.6. The van der Waals surface area contributed by atoms with Crippen LogP contribution in [0.4, 0.5) is 0 Å². The molecule has 130 valence electrons. The molecule has 0 heterocycles. The van der Waals surface area contributed by atoms with Gasteiger partial charge in [-0.1, -0.05) is 0 Å². The van der Waals surface area contributed by atoms with Gasteiger partial charge < -0.3 is 0 Å². The fourth-order valence-corrected chi connectivity index (χ4v) is 20.8. The Morgan fingerprint density at radius 1 is 0.773 bits per heavy atom. The first-order valence-corrected chi connectivity index (χ1v) is 16.9. The van der Waals surface area contributed by atoms with E-state index in [4.69, 9.17) is 0 Å². The maximum absolute atomic E-state index is 3.08. The molecule has 0 fully saturated rings. The minimum absolute atomic E-state index is 0. The third-order valence-electron chi connectivity index (χ3n) is 4.63. The molecule has 0 aliphatic heterocycles. The summed E-state index contributed by atoms with van der Waals surface area (Å²) in [6.45, 7) is 27.2. The molecule has 0 spiro atoms. The van der Waals surface area contributed by atoms with E-state index in [9.17, 15) is 0 Å². The summed E-state index contributed by atoms with van der Waals surface area (Å²) in [5.41, 5.74) is 5.12. The van der Waals surface area contributed by atoms with E-state index in [1.165, 1.54) is 0 Å². The molecule has 0 aromatic carbocycles. The molecule has 0 N–H and O–H groups in total. The number of nitrogens with zero attached hydrogens (tertiary/aromatic N) is 1. The predicted octanol–water partition coefficient (Wildman–Crippen LogP) is 6.45. The molecule has 22 heavy (non-hydrogen) atoms. The van der Waals surface area contributed by atoms with E-state index in [1.54, 1.807) is 16.7 Å². The van der Waals surface area contributed by atoms with Crippen molar-refractivity contribution in [3.8, 4) is 0 Å². The summed E-state index contributed by atoms with van der Waals surface area (Å²) < 4.78 is 4.91. The monoisotopic (exact) mass is 457 g/mol. The summed E-state index contributed by atoms with van der Waals surface area (Å²) in [5, 5.41) is 0. The quantitative estimate of drug-likeness (QED) is 0.437. The SMILES string of the molecule is CC1=C(C)C(C)(C)[C]([Zr][N]([Si](C)(C)C)[Si](C)(C)C)=C1C.Cl.Cl. The first-order valence-electron chi connectivity index (χ1n) is 7.67. The van der Waals surface area contributed by atoms with Crippen LogP contribution in [-0.2, 0) is 23.5 Å². The third-order valence-corrected chi connectivity index (χ3v) is 26.1. The minimum Gasteiger partial charge on any atom is -0.147 e. The molecule has 0 atom stereocenters. The van der Waals surface area contributed by atoms with Crippen molar-refractivity contribution in [2.24, 2.45) is 5.41 Å². The topological polar surface area (TPSA) is 3.24 Å². The molecule has 0 amide bonds. The van der Waals surface area contributed by atoms with Crippen molar-refractivity contribution in [3.63, 3.8) is 0 Å². The van der Waals surface area contributed by atoms with Crippen molar-refractivity contribution >= 4 is 41.3 Å². The standard InChI is InChI=1S/C10H15.C6H18NSi2.2ClH.Zr/c1-7-6-10(4,5)9(3)8(7)2;1-8(2,3)7-9(4,5)6;;;/h1-5H3;1-6H3;2*1H;/q;-1;;;+1. The van der Waals surface area contributed by atoms with Crippen molar-refractivity contribution < 1.29 is 23.5 Å². The van der Waals surface area contributed by atoms with E-state index in [2.05, 4.69) is 76.1 Å². The van der Waals surface area contributed by atoms with Gasteiger partial charge >= 0.3 is 141 Å². The van der Waals surface area contributed by atoms with Crippen LogP contribution >= 0.6 is 24.8 Å². The molecule has 1 rings (SSSR count). The molecule has 0 aromatic heterocycles. The van der Waals surface area contributed by atoms with Crippen LogP contribution in [0.1, 0.15) is 34.6 Å². The van der Waals surface area contributed by atoms with Gasteiger partial charge in [0.2, 0.25) is 0 Å². The van der Waals surface area contributed by atoms with Gasteiger partial charge in [-0.3, -0.25) is 0 Å². The van der Waals surface area contributed by atoms with Gasteiger partial charge in [0.25, 0.3) is 0 Å². The summed E-state index contributed by atoms with van der Waals surface area (Å²) >= 11 is -0.665. The summed E-state index contributed by atoms with van der Waals surface area (Å²) in [7, 11) is -2.42. The predicted molar refractivity (Wildman–Crippen MR) is 108 cm³/mol. The molecule has 0 unspecified atom stereocenters. The molecule has 0 saturated heterocycles. The zero-order valence-corrected chi connectivity index (χ0v) is 22.4. The van der Waals surface area contributed by atoms with Crippen LogP contribution in [0.2, 0.25) is 39.3 Å². The second-order valence-corrected chi connectivity index (χ2v) is 23.8. The van der Waals surface area contributed by atoms with Gasteiger partial charge in [-0.2, -0.15) is 0 Å². The summed E-state index contributed by atoms with van der Waals surface area (Å²) in [4.78, 5) is 0. The van der Waals surface area contributed by atoms with E-state index in [0.717, 1.165) is 0 Å². The fraction of sp³-hybridized carbons (Fsp3) is 0.750. The van der Waals surface area contributed by atoms with E-state index in [1.807, 2.05) is 3.28 Å². The normalized spacial score (nSPS) is 18.4. The van der Waals surface area contributed by atoms with E-state index < -0.39 is 40.0 Å². The second kappa shape index (κ2) is 8.14. The average molecular weight is 460 g/mol. The molecule has 0 saturated carbocycles. The van der Waals surface area contributed by atoms with Gasteiger partial charge in [0, 0.05) is 0 Å². The average Bonchev–Trinajstić information content (AvgIpc) is 2.35. The summed E-state index contributed by atoms with van der Waals surface area (Å²) in [6, 6.07) is 0. The van der Waals surface area contributed by atoms with Gasteiger partial charge in [0.05, 0.1) is 0 Å². The van der Waals surface area contributed by atoms with E-state index in [0.29, 0.717) is 5.41 Å². The van der Waals surface area contributed by atoms with Gasteiger partial charge in [0.1, 0.15) is 0 Å². The molecule has 0 bridgehead atoms. The summed E-state index contributed by atoms with van der Waals surface area (Å²) in [6.07, 6.45) is 0. The molecular formula is C16H35Cl2NSi2Zr. The Morgan fingerprint density at radius 3 is 1.36 bits per heavy atom. The zero-order valence-electron chi connectivity index (χ0n) is 16.3. The van der Waals surface area contributed by atoms with E-state index in [-0.39, 0.29) is 24.8 Å². The molecule has 1 aliphatic rings. The smallest absolute Gasteiger partial charge is 0.147 e. The number of rotatable bonds is 4. The van der Waals surface area contributed by atoms with Crippen LogP contribution in [0.15, 0.2) is 20.0 Å². The van der Waals surface area contributed by atoms with Gasteiger partial charge in [-0.25, -0.2) is 0 Å². The number of allylic oxidation sites excluding steroid dienone is 4. The Bertz CT molecular complexity index is 458. The largest absolute Gasteiger partial charge is 0.147 e. The fourth-order valence-electron chi connectivity index (χ4n) is 3.27. The van der Waals surface area contributed by atoms with Crippen molar-refractivity contribution in [2.45, 2.75) is 73.9 Å². The van der Waals surface area contributed by atoms with Crippen LogP contribution in [-0.4, -0.2) is 18.6 Å². The van der Waals surface area contributed by atoms with Crippen molar-refractivity contribution in [1.29, 1.82) is 0 Å². The zero-order chi connectivity index (χ0) is 16.1. The third kappa shape index (κ3) is 5.16. The van der Waals surface area contributed by atoms with Crippen molar-refractivity contribution in [1.82, 2.24) is 2.17 Å². The molecule has 0 aromatic rings. The van der Waals surface area contributed by atoms with Gasteiger partial charge in [-0.05, 0) is 0 Å². The second-order valence-electron chi connectivity index (χ2n) is 8.66. The maximum atomic E-state index is 3.08. The Morgan fingerprint density at radius 2 is 1.14 bits per heavy atom. The Labute approximate surface area is 165 Å². The van der Waals surface area contributed by atoms with Crippen LogP contribution < -0.4 is 0 Å². The van der Waals surface area contributed by atoms with E-state index >= 15 is 0 Å². The Balaban J connectivity index is 0. The maximum Gasteiger partial charge on any atom is -0.147 e. The number of hydrogen-bond acceptors (Lipinski definition) is 1. The molecule has 1 aliphatic carbocycles. The van der Waals surface area contributed by atoms with Crippen LogP contribution in [0.5, 0.6) is 0 Å². The Kier molecular flexibility index (Phi) is 9.47. The first-order chi connectivity index (χ1) is 8.70. The van der Waals surface area contributed by atoms with Gasteiger partial charge in [-0.15, -0.1) is 24.8 Å². The number of hydrogen-bond donors (Lipinski definition) is 0. The molecule has 6 heteroatoms. The summed E-state index contributed by atoms with van der Waals surface area (Å²) in [5.74, 6) is 0. The van der Waals surface area contributed by atoms with Crippen LogP contribution in [0.3, 0.4) is 0 Å². The van der Waals surface area contributed by atoms with Crippen molar-refractivity contribution in [2.75, 3.05) is 0 Å². The van der Waals surface area contributed by atoms with Crippen molar-refractivity contribution in [3.05, 3.63) is 20.0 Å². The minimum atomic E-state index is -1.21. The molecular weight excluding hydrogens is 424 g/mol. The molecule has 0 radical (unpaired) electrons. The van der Waals surface area contributed by atoms with Gasteiger partial charge in [0.15, 0.2) is 0 Å².